The van der Waals surface area contributed by atoms with Gasteiger partial charge in [-0.1, -0.05) is 5.11 Å². The van der Waals surface area contributed by atoms with Gasteiger partial charge in [0, 0.05) is 35.8 Å². The van der Waals surface area contributed by atoms with E-state index in [1.165, 1.54) is 0 Å². The second-order valence-electron chi connectivity index (χ2n) is 5.65. The molecule has 2 aromatic rings. The fourth-order valence-corrected chi connectivity index (χ4v) is 2.67. The van der Waals surface area contributed by atoms with Crippen LogP contribution in [0, 0.1) is 5.92 Å². The first-order chi connectivity index (χ1) is 11.7. The van der Waals surface area contributed by atoms with E-state index in [9.17, 15) is 4.79 Å². The maximum atomic E-state index is 12.1. The summed E-state index contributed by atoms with van der Waals surface area (Å²) in [5.74, 6) is 1.49. The summed E-state index contributed by atoms with van der Waals surface area (Å²) >= 11 is 0. The zero-order chi connectivity index (χ0) is 16.9. The third-order valence-electron chi connectivity index (χ3n) is 3.87. The number of ether oxygens (including phenoxy) is 1. The average Bonchev–Trinajstić information content (AvgIpc) is 2.96. The molecular formula is C17H17N5O2. The summed E-state index contributed by atoms with van der Waals surface area (Å²) in [6.45, 7) is 0.910. The normalized spacial score (nSPS) is 16.8. The number of rotatable bonds is 5. The summed E-state index contributed by atoms with van der Waals surface area (Å²) < 4.78 is 5.74. The monoisotopic (exact) mass is 323 g/mol. The number of azide groups is 1. The SMILES string of the molecule is [N-]=[N+]=NCC1CC(=O)N(c2ccc(Oc3ccc(N)cc3)cc2)C1. The van der Waals surface area contributed by atoms with Crippen molar-refractivity contribution in [2.75, 3.05) is 23.7 Å². The van der Waals surface area contributed by atoms with Gasteiger partial charge in [-0.05, 0) is 60.0 Å². The largest absolute Gasteiger partial charge is 0.457 e. The van der Waals surface area contributed by atoms with Gasteiger partial charge in [0.25, 0.3) is 0 Å². The van der Waals surface area contributed by atoms with Gasteiger partial charge in [-0.3, -0.25) is 4.79 Å². The van der Waals surface area contributed by atoms with Gasteiger partial charge in [0.2, 0.25) is 5.91 Å². The fourth-order valence-electron chi connectivity index (χ4n) is 2.67. The number of nitrogen functional groups attached to an aromatic ring is 1. The first-order valence-electron chi connectivity index (χ1n) is 7.60. The smallest absolute Gasteiger partial charge is 0.227 e. The second-order valence-corrected chi connectivity index (χ2v) is 5.65. The topological polar surface area (TPSA) is 104 Å². The number of carbonyl (C=O) groups is 1. The van der Waals surface area contributed by atoms with Crippen LogP contribution in [0.15, 0.2) is 53.6 Å². The van der Waals surface area contributed by atoms with Crippen LogP contribution in [0.25, 0.3) is 10.4 Å². The molecule has 1 aliphatic rings. The first-order valence-corrected chi connectivity index (χ1v) is 7.60. The molecule has 1 unspecified atom stereocenters. The number of anilines is 2. The minimum Gasteiger partial charge on any atom is -0.457 e. The Balaban J connectivity index is 1.67. The van der Waals surface area contributed by atoms with Crippen LogP contribution < -0.4 is 15.4 Å². The molecule has 7 heteroatoms. The number of amides is 1. The zero-order valence-corrected chi connectivity index (χ0v) is 13.0. The highest BCUT2D eigenvalue weighted by Crippen LogP contribution is 2.29. The van der Waals surface area contributed by atoms with Crippen LogP contribution in [-0.2, 0) is 4.79 Å². The van der Waals surface area contributed by atoms with E-state index in [4.69, 9.17) is 16.0 Å². The summed E-state index contributed by atoms with van der Waals surface area (Å²) in [6, 6.07) is 14.5. The quantitative estimate of drug-likeness (QED) is 0.392. The molecule has 0 spiro atoms. The number of benzene rings is 2. The lowest BCUT2D eigenvalue weighted by Crippen LogP contribution is -2.24. The summed E-state index contributed by atoms with van der Waals surface area (Å²) in [7, 11) is 0. The average molecular weight is 323 g/mol. The lowest BCUT2D eigenvalue weighted by Gasteiger charge is -2.17. The van der Waals surface area contributed by atoms with Crippen LogP contribution in [0.5, 0.6) is 11.5 Å². The van der Waals surface area contributed by atoms with Gasteiger partial charge in [-0.2, -0.15) is 0 Å². The Hall–Kier alpha value is -3.18. The van der Waals surface area contributed by atoms with E-state index in [0.29, 0.717) is 36.7 Å². The van der Waals surface area contributed by atoms with Gasteiger partial charge < -0.3 is 15.4 Å². The number of nitrogens with zero attached hydrogens (tertiary/aromatic N) is 4. The standard InChI is InChI=1S/C17H17N5O2/c18-13-1-5-15(6-2-13)24-16-7-3-14(4-8-16)22-11-12(9-17(22)23)10-20-21-19/h1-8,12H,9-11,18H2. The van der Waals surface area contributed by atoms with E-state index in [1.807, 2.05) is 24.3 Å². The molecule has 24 heavy (non-hydrogen) atoms. The third kappa shape index (κ3) is 3.59. The predicted molar refractivity (Wildman–Crippen MR) is 91.8 cm³/mol. The highest BCUT2D eigenvalue weighted by molar-refractivity contribution is 5.95. The van der Waals surface area contributed by atoms with Gasteiger partial charge in [0.15, 0.2) is 0 Å². The van der Waals surface area contributed by atoms with Gasteiger partial charge in [-0.15, -0.1) is 0 Å². The summed E-state index contributed by atoms with van der Waals surface area (Å²) in [6.07, 6.45) is 0.405. The minimum atomic E-state index is 0.0420. The van der Waals surface area contributed by atoms with Crippen LogP contribution in [0.2, 0.25) is 0 Å². The van der Waals surface area contributed by atoms with Crippen molar-refractivity contribution in [3.05, 3.63) is 59.0 Å². The lowest BCUT2D eigenvalue weighted by molar-refractivity contribution is -0.117. The Morgan fingerprint density at radius 1 is 1.17 bits per heavy atom. The van der Waals surface area contributed by atoms with Crippen LogP contribution in [-0.4, -0.2) is 19.0 Å². The van der Waals surface area contributed by atoms with Gasteiger partial charge in [0.05, 0.1) is 0 Å². The predicted octanol–water partition coefficient (Wildman–Crippen LogP) is 3.72. The molecule has 3 rings (SSSR count). The van der Waals surface area contributed by atoms with Crippen molar-refractivity contribution in [3.63, 3.8) is 0 Å². The van der Waals surface area contributed by atoms with E-state index in [0.717, 1.165) is 5.69 Å². The molecule has 0 aromatic heterocycles. The first kappa shape index (κ1) is 15.7. The van der Waals surface area contributed by atoms with Crippen molar-refractivity contribution in [1.82, 2.24) is 0 Å². The van der Waals surface area contributed by atoms with Crippen LogP contribution in [0.1, 0.15) is 6.42 Å². The molecule has 1 saturated heterocycles. The highest BCUT2D eigenvalue weighted by Gasteiger charge is 2.29. The highest BCUT2D eigenvalue weighted by atomic mass is 16.5. The molecule has 1 heterocycles. The molecule has 7 nitrogen and oxygen atoms in total. The Labute approximate surface area is 139 Å². The van der Waals surface area contributed by atoms with Crippen molar-refractivity contribution in [3.8, 4) is 11.5 Å². The molecule has 1 atom stereocenters. The molecule has 122 valence electrons. The van der Waals surface area contributed by atoms with E-state index in [-0.39, 0.29) is 11.8 Å². The molecule has 1 fully saturated rings. The Bertz CT molecular complexity index is 767. The van der Waals surface area contributed by atoms with Crippen molar-refractivity contribution >= 4 is 17.3 Å². The maximum Gasteiger partial charge on any atom is 0.227 e. The molecule has 0 bridgehead atoms. The van der Waals surface area contributed by atoms with Crippen LogP contribution in [0.3, 0.4) is 0 Å². The molecular weight excluding hydrogens is 306 g/mol. The fraction of sp³-hybridized carbons (Fsp3) is 0.235. The summed E-state index contributed by atoms with van der Waals surface area (Å²) in [5, 5.41) is 3.56. The van der Waals surface area contributed by atoms with Gasteiger partial charge in [0.1, 0.15) is 11.5 Å². The number of hydrogen-bond acceptors (Lipinski definition) is 4. The zero-order valence-electron chi connectivity index (χ0n) is 13.0. The van der Waals surface area contributed by atoms with Gasteiger partial charge in [-0.25, -0.2) is 0 Å². The van der Waals surface area contributed by atoms with Crippen molar-refractivity contribution < 1.29 is 9.53 Å². The van der Waals surface area contributed by atoms with Crippen LogP contribution >= 0.6 is 0 Å². The number of carbonyl (C=O) groups excluding carboxylic acids is 1. The summed E-state index contributed by atoms with van der Waals surface area (Å²) in [5.41, 5.74) is 15.5. The Kier molecular flexibility index (Phi) is 4.54. The van der Waals surface area contributed by atoms with Crippen molar-refractivity contribution in [2.45, 2.75) is 6.42 Å². The third-order valence-corrected chi connectivity index (χ3v) is 3.87. The van der Waals surface area contributed by atoms with E-state index in [2.05, 4.69) is 10.0 Å². The number of hydrogen-bond donors (Lipinski definition) is 1. The molecule has 0 aliphatic carbocycles. The molecule has 1 aliphatic heterocycles. The van der Waals surface area contributed by atoms with E-state index in [1.54, 1.807) is 29.2 Å². The molecule has 0 saturated carbocycles. The van der Waals surface area contributed by atoms with Crippen molar-refractivity contribution in [1.29, 1.82) is 0 Å². The van der Waals surface area contributed by atoms with E-state index < -0.39 is 0 Å². The molecule has 2 aromatic carbocycles. The molecule has 1 amide bonds. The number of nitrogens with two attached hydrogens (primary N) is 1. The minimum absolute atomic E-state index is 0.0420. The lowest BCUT2D eigenvalue weighted by atomic mass is 10.1. The molecule has 2 N–H and O–H groups in total. The van der Waals surface area contributed by atoms with Gasteiger partial charge >= 0.3 is 0 Å². The summed E-state index contributed by atoms with van der Waals surface area (Å²) in [4.78, 5) is 16.6. The maximum absolute atomic E-state index is 12.1. The molecule has 0 radical (unpaired) electrons. The van der Waals surface area contributed by atoms with Crippen molar-refractivity contribution in [2.24, 2.45) is 11.0 Å². The Morgan fingerprint density at radius 2 is 1.79 bits per heavy atom. The van der Waals surface area contributed by atoms with E-state index >= 15 is 0 Å². The second kappa shape index (κ2) is 6.93. The Morgan fingerprint density at radius 3 is 2.42 bits per heavy atom. The van der Waals surface area contributed by atoms with Crippen LogP contribution in [0.4, 0.5) is 11.4 Å².